The Kier molecular flexibility index (Phi) is 6.26. The number of rotatable bonds is 6. The van der Waals surface area contributed by atoms with Gasteiger partial charge in [0.1, 0.15) is 0 Å². The number of likely N-dealkylation sites (N-methyl/N-ethyl adjacent to an activating group) is 1. The molecule has 0 bridgehead atoms. The van der Waals surface area contributed by atoms with Crippen LogP contribution in [0.4, 0.5) is 0 Å². The molecule has 1 saturated heterocycles. The first-order valence-corrected chi connectivity index (χ1v) is 7.88. The molecule has 1 aliphatic heterocycles. The van der Waals surface area contributed by atoms with Crippen LogP contribution in [0.25, 0.3) is 0 Å². The van der Waals surface area contributed by atoms with Gasteiger partial charge < -0.3 is 9.84 Å². The van der Waals surface area contributed by atoms with Gasteiger partial charge in [0.25, 0.3) is 0 Å². The molecule has 0 aromatic carbocycles. The highest BCUT2D eigenvalue weighted by molar-refractivity contribution is 5.68. The molecule has 2 aliphatic rings. The van der Waals surface area contributed by atoms with Crippen LogP contribution in [0.2, 0.25) is 0 Å². The number of ether oxygens (including phenoxy) is 1. The molecule has 1 atom stereocenters. The second kappa shape index (κ2) is 7.96. The molecule has 1 heterocycles. The third-order valence-electron chi connectivity index (χ3n) is 4.38. The van der Waals surface area contributed by atoms with Crippen molar-refractivity contribution in [2.24, 2.45) is 5.92 Å². The molecule has 1 saturated carbocycles. The first-order chi connectivity index (χ1) is 9.63. The van der Waals surface area contributed by atoms with Crippen molar-refractivity contribution < 1.29 is 14.6 Å². The standard InChI is InChI=1S/C15H28N2O3/c1-16(12-15(18)19)10-14-11-17(7-8-20-14)9-13-5-3-2-4-6-13/h13-14H,2-12H2,1H3,(H,18,19). The Bertz CT molecular complexity index is 305. The zero-order chi connectivity index (χ0) is 14.4. The molecular formula is C15H28N2O3. The lowest BCUT2D eigenvalue weighted by atomic mass is 9.89. The average Bonchev–Trinajstić information content (AvgIpc) is 2.39. The smallest absolute Gasteiger partial charge is 0.317 e. The second-order valence-corrected chi connectivity index (χ2v) is 6.35. The summed E-state index contributed by atoms with van der Waals surface area (Å²) in [6.07, 6.45) is 7.08. The van der Waals surface area contributed by atoms with E-state index in [0.717, 1.165) is 25.6 Å². The Hall–Kier alpha value is -0.650. The summed E-state index contributed by atoms with van der Waals surface area (Å²) in [5.41, 5.74) is 0. The number of morpholine rings is 1. The Morgan fingerprint density at radius 1 is 1.35 bits per heavy atom. The lowest BCUT2D eigenvalue weighted by molar-refractivity contribution is -0.138. The summed E-state index contributed by atoms with van der Waals surface area (Å²) < 4.78 is 5.77. The fourth-order valence-corrected chi connectivity index (χ4v) is 3.43. The summed E-state index contributed by atoms with van der Waals surface area (Å²) in [6, 6.07) is 0. The van der Waals surface area contributed by atoms with E-state index in [1.54, 1.807) is 0 Å². The minimum absolute atomic E-state index is 0.0858. The minimum atomic E-state index is -0.776. The highest BCUT2D eigenvalue weighted by Crippen LogP contribution is 2.25. The van der Waals surface area contributed by atoms with E-state index in [4.69, 9.17) is 9.84 Å². The van der Waals surface area contributed by atoms with E-state index in [1.165, 1.54) is 38.6 Å². The van der Waals surface area contributed by atoms with Crippen LogP contribution < -0.4 is 0 Å². The van der Waals surface area contributed by atoms with E-state index in [0.29, 0.717) is 6.54 Å². The Labute approximate surface area is 121 Å². The van der Waals surface area contributed by atoms with Crippen molar-refractivity contribution in [1.29, 1.82) is 0 Å². The molecule has 20 heavy (non-hydrogen) atoms. The van der Waals surface area contributed by atoms with Crippen LogP contribution in [0.3, 0.4) is 0 Å². The predicted molar refractivity (Wildman–Crippen MR) is 77.9 cm³/mol. The molecular weight excluding hydrogens is 256 g/mol. The summed E-state index contributed by atoms with van der Waals surface area (Å²) in [7, 11) is 1.84. The maximum absolute atomic E-state index is 10.7. The van der Waals surface area contributed by atoms with Gasteiger partial charge in [0.05, 0.1) is 19.3 Å². The predicted octanol–water partition coefficient (Wildman–Crippen LogP) is 1.28. The quantitative estimate of drug-likeness (QED) is 0.796. The molecule has 1 aliphatic carbocycles. The molecule has 0 radical (unpaired) electrons. The van der Waals surface area contributed by atoms with Gasteiger partial charge in [0.15, 0.2) is 0 Å². The zero-order valence-corrected chi connectivity index (χ0v) is 12.6. The number of hydrogen-bond donors (Lipinski definition) is 1. The van der Waals surface area contributed by atoms with Crippen molar-refractivity contribution in [1.82, 2.24) is 9.80 Å². The van der Waals surface area contributed by atoms with Crippen molar-refractivity contribution in [3.8, 4) is 0 Å². The fourth-order valence-electron chi connectivity index (χ4n) is 3.43. The van der Waals surface area contributed by atoms with Crippen LogP contribution >= 0.6 is 0 Å². The third kappa shape index (κ3) is 5.38. The van der Waals surface area contributed by atoms with Crippen molar-refractivity contribution >= 4 is 5.97 Å². The summed E-state index contributed by atoms with van der Waals surface area (Å²) in [6.45, 7) is 4.73. The first kappa shape index (κ1) is 15.7. The molecule has 0 aromatic rings. The number of nitrogens with zero attached hydrogens (tertiary/aromatic N) is 2. The second-order valence-electron chi connectivity index (χ2n) is 6.35. The molecule has 5 nitrogen and oxygen atoms in total. The van der Waals surface area contributed by atoms with Crippen LogP contribution in [-0.2, 0) is 9.53 Å². The van der Waals surface area contributed by atoms with Gasteiger partial charge >= 0.3 is 5.97 Å². The summed E-state index contributed by atoms with van der Waals surface area (Å²) in [5.74, 6) is 0.0848. The van der Waals surface area contributed by atoms with Crippen LogP contribution in [0.15, 0.2) is 0 Å². The first-order valence-electron chi connectivity index (χ1n) is 7.88. The maximum Gasteiger partial charge on any atom is 0.317 e. The van der Waals surface area contributed by atoms with E-state index in [1.807, 2.05) is 11.9 Å². The monoisotopic (exact) mass is 284 g/mol. The topological polar surface area (TPSA) is 53.0 Å². The molecule has 0 amide bonds. The van der Waals surface area contributed by atoms with Gasteiger partial charge in [-0.05, 0) is 25.8 Å². The number of hydrogen-bond acceptors (Lipinski definition) is 4. The lowest BCUT2D eigenvalue weighted by Gasteiger charge is -2.37. The van der Waals surface area contributed by atoms with Gasteiger partial charge in [-0.1, -0.05) is 19.3 Å². The highest BCUT2D eigenvalue weighted by atomic mass is 16.5. The molecule has 2 rings (SSSR count). The molecule has 2 fully saturated rings. The normalized spacial score (nSPS) is 26.0. The summed E-state index contributed by atoms with van der Waals surface area (Å²) in [4.78, 5) is 15.0. The number of carboxylic acids is 1. The van der Waals surface area contributed by atoms with Gasteiger partial charge in [0, 0.05) is 26.2 Å². The highest BCUT2D eigenvalue weighted by Gasteiger charge is 2.24. The molecule has 1 unspecified atom stereocenters. The largest absolute Gasteiger partial charge is 0.480 e. The summed E-state index contributed by atoms with van der Waals surface area (Å²) in [5, 5.41) is 8.79. The van der Waals surface area contributed by atoms with Gasteiger partial charge in [-0.15, -0.1) is 0 Å². The molecule has 0 spiro atoms. The van der Waals surface area contributed by atoms with Crippen molar-refractivity contribution in [3.63, 3.8) is 0 Å². The van der Waals surface area contributed by atoms with Crippen molar-refractivity contribution in [2.75, 3.05) is 46.4 Å². The van der Waals surface area contributed by atoms with E-state index in [2.05, 4.69) is 4.90 Å². The molecule has 5 heteroatoms. The molecule has 0 aromatic heterocycles. The van der Waals surface area contributed by atoms with Crippen LogP contribution in [-0.4, -0.2) is 73.4 Å². The fraction of sp³-hybridized carbons (Fsp3) is 0.933. The van der Waals surface area contributed by atoms with E-state index in [9.17, 15) is 4.79 Å². The SMILES string of the molecule is CN(CC(=O)O)CC1CN(CC2CCCCC2)CCO1. The van der Waals surface area contributed by atoms with Crippen LogP contribution in [0.5, 0.6) is 0 Å². The summed E-state index contributed by atoms with van der Waals surface area (Å²) >= 11 is 0. The van der Waals surface area contributed by atoms with Gasteiger partial charge in [-0.2, -0.15) is 0 Å². The van der Waals surface area contributed by atoms with Crippen molar-refractivity contribution in [2.45, 2.75) is 38.2 Å². The van der Waals surface area contributed by atoms with E-state index >= 15 is 0 Å². The minimum Gasteiger partial charge on any atom is -0.480 e. The zero-order valence-electron chi connectivity index (χ0n) is 12.6. The molecule has 1 N–H and O–H groups in total. The number of carboxylic acid groups (broad SMARTS) is 1. The average molecular weight is 284 g/mol. The van der Waals surface area contributed by atoms with Gasteiger partial charge in [0.2, 0.25) is 0 Å². The van der Waals surface area contributed by atoms with Crippen molar-refractivity contribution in [3.05, 3.63) is 0 Å². The maximum atomic E-state index is 10.7. The lowest BCUT2D eigenvalue weighted by Crippen LogP contribution is -2.48. The number of carbonyl (C=O) groups is 1. The van der Waals surface area contributed by atoms with Gasteiger partial charge in [-0.3, -0.25) is 14.6 Å². The Morgan fingerprint density at radius 2 is 2.10 bits per heavy atom. The molecule has 116 valence electrons. The van der Waals surface area contributed by atoms with Crippen LogP contribution in [0, 0.1) is 5.92 Å². The Balaban J connectivity index is 1.71. The van der Waals surface area contributed by atoms with Gasteiger partial charge in [-0.25, -0.2) is 0 Å². The number of aliphatic carboxylic acids is 1. The van der Waals surface area contributed by atoms with E-state index in [-0.39, 0.29) is 12.6 Å². The van der Waals surface area contributed by atoms with E-state index < -0.39 is 5.97 Å². The van der Waals surface area contributed by atoms with Crippen LogP contribution in [0.1, 0.15) is 32.1 Å². The third-order valence-corrected chi connectivity index (χ3v) is 4.38. The Morgan fingerprint density at radius 3 is 2.80 bits per heavy atom.